The zero-order chi connectivity index (χ0) is 24.2. The van der Waals surface area contributed by atoms with Gasteiger partial charge in [-0.3, -0.25) is 4.79 Å². The number of benzene rings is 2. The second-order valence-corrected chi connectivity index (χ2v) is 8.87. The molecule has 0 fully saturated rings. The Morgan fingerprint density at radius 2 is 1.71 bits per heavy atom. The number of rotatable bonds is 9. The van der Waals surface area contributed by atoms with E-state index in [1.807, 2.05) is 38.1 Å². The number of ether oxygens (including phenoxy) is 3. The minimum Gasteiger partial charge on any atom is -0.495 e. The van der Waals surface area contributed by atoms with Crippen LogP contribution in [0.2, 0.25) is 5.02 Å². The molecule has 0 aliphatic rings. The van der Waals surface area contributed by atoms with Gasteiger partial charge in [0.15, 0.2) is 5.76 Å². The van der Waals surface area contributed by atoms with E-state index in [2.05, 4.69) is 10.2 Å². The first-order chi connectivity index (χ1) is 16.4. The quantitative estimate of drug-likeness (QED) is 0.247. The lowest BCUT2D eigenvalue weighted by molar-refractivity contribution is 0.0429. The third-order valence-corrected chi connectivity index (χ3v) is 6.40. The number of methoxy groups -OCH3 is 2. The predicted octanol–water partition coefficient (Wildman–Crippen LogP) is 6.40. The maximum atomic E-state index is 13.3. The highest BCUT2D eigenvalue weighted by molar-refractivity contribution is 7.14. The normalized spacial score (nSPS) is 11.9. The van der Waals surface area contributed by atoms with Crippen molar-refractivity contribution in [2.45, 2.75) is 20.0 Å². The molecular formula is C25H23ClN2O5S. The summed E-state index contributed by atoms with van der Waals surface area (Å²) in [7, 11) is 3.04. The van der Waals surface area contributed by atoms with E-state index < -0.39 is 6.10 Å². The fourth-order valence-electron chi connectivity index (χ4n) is 3.47. The maximum Gasteiger partial charge on any atom is 0.231 e. The topological polar surface area (TPSA) is 83.7 Å². The standard InChI is InChI=1S/C25H23ClN2O5S/c1-5-32-24(15-6-8-16(9-7-15)25-28-27-14(2)34-25)23(29)19-11-10-18(33-19)17-12-20(30-3)22(26)21(13-17)31-4/h6-13,24H,5H2,1-4H3/t24-/m1/s1. The molecule has 7 nitrogen and oxygen atoms in total. The first kappa shape index (κ1) is 23.9. The summed E-state index contributed by atoms with van der Waals surface area (Å²) in [5, 5.41) is 10.3. The van der Waals surface area contributed by atoms with E-state index in [-0.39, 0.29) is 11.5 Å². The van der Waals surface area contributed by atoms with Crippen molar-refractivity contribution in [2.24, 2.45) is 0 Å². The van der Waals surface area contributed by atoms with Crippen LogP contribution in [0, 0.1) is 6.92 Å². The van der Waals surface area contributed by atoms with Crippen molar-refractivity contribution in [1.82, 2.24) is 10.2 Å². The second-order valence-electron chi connectivity index (χ2n) is 7.31. The molecule has 9 heteroatoms. The number of aryl methyl sites for hydroxylation is 1. The van der Waals surface area contributed by atoms with Gasteiger partial charge >= 0.3 is 0 Å². The number of hydrogen-bond donors (Lipinski definition) is 0. The molecule has 0 aliphatic heterocycles. The van der Waals surface area contributed by atoms with Crippen molar-refractivity contribution in [2.75, 3.05) is 20.8 Å². The van der Waals surface area contributed by atoms with Crippen molar-refractivity contribution in [3.63, 3.8) is 0 Å². The number of halogens is 1. The van der Waals surface area contributed by atoms with Gasteiger partial charge in [0.2, 0.25) is 5.78 Å². The van der Waals surface area contributed by atoms with Crippen LogP contribution in [0.25, 0.3) is 21.9 Å². The maximum absolute atomic E-state index is 13.3. The average Bonchev–Trinajstić information content (AvgIpc) is 3.52. The van der Waals surface area contributed by atoms with E-state index in [0.29, 0.717) is 34.5 Å². The molecule has 34 heavy (non-hydrogen) atoms. The summed E-state index contributed by atoms with van der Waals surface area (Å²) >= 11 is 7.78. The number of carbonyl (C=O) groups is 1. The van der Waals surface area contributed by atoms with Crippen LogP contribution < -0.4 is 9.47 Å². The van der Waals surface area contributed by atoms with Crippen LogP contribution in [0.3, 0.4) is 0 Å². The van der Waals surface area contributed by atoms with Crippen molar-refractivity contribution < 1.29 is 23.4 Å². The Labute approximate surface area is 206 Å². The van der Waals surface area contributed by atoms with E-state index in [0.717, 1.165) is 21.1 Å². The van der Waals surface area contributed by atoms with Gasteiger partial charge in [-0.1, -0.05) is 47.2 Å². The molecule has 4 aromatic rings. The van der Waals surface area contributed by atoms with Crippen LogP contribution in [-0.2, 0) is 4.74 Å². The molecule has 0 bridgehead atoms. The van der Waals surface area contributed by atoms with Gasteiger partial charge in [0.25, 0.3) is 0 Å². The monoisotopic (exact) mass is 498 g/mol. The lowest BCUT2D eigenvalue weighted by atomic mass is 10.0. The SMILES string of the molecule is CCO[C@@H](C(=O)c1ccc(-c2cc(OC)c(Cl)c(OC)c2)o1)c1ccc(-c2nnc(C)s2)cc1. The summed E-state index contributed by atoms with van der Waals surface area (Å²) in [6.07, 6.45) is -0.802. The third-order valence-electron chi connectivity index (χ3n) is 5.14. The molecule has 1 atom stereocenters. The highest BCUT2D eigenvalue weighted by Crippen LogP contribution is 2.39. The molecule has 0 saturated carbocycles. The molecule has 0 spiro atoms. The van der Waals surface area contributed by atoms with Crippen LogP contribution in [0.1, 0.15) is 34.2 Å². The van der Waals surface area contributed by atoms with E-state index >= 15 is 0 Å². The number of furan rings is 1. The minimum atomic E-state index is -0.802. The first-order valence-corrected chi connectivity index (χ1v) is 11.7. The average molecular weight is 499 g/mol. The van der Waals surface area contributed by atoms with E-state index in [1.54, 1.807) is 24.3 Å². The molecule has 0 saturated heterocycles. The largest absolute Gasteiger partial charge is 0.495 e. The second kappa shape index (κ2) is 10.4. The van der Waals surface area contributed by atoms with Crippen LogP contribution >= 0.6 is 22.9 Å². The molecular weight excluding hydrogens is 476 g/mol. The Bertz CT molecular complexity index is 1270. The summed E-state index contributed by atoms with van der Waals surface area (Å²) in [6.45, 7) is 4.12. The molecule has 4 rings (SSSR count). The smallest absolute Gasteiger partial charge is 0.231 e. The number of nitrogens with zero attached hydrogens (tertiary/aromatic N) is 2. The van der Waals surface area contributed by atoms with Crippen LogP contribution in [0.5, 0.6) is 11.5 Å². The predicted molar refractivity (Wildman–Crippen MR) is 131 cm³/mol. The van der Waals surface area contributed by atoms with Gasteiger partial charge in [-0.2, -0.15) is 0 Å². The summed E-state index contributed by atoms with van der Waals surface area (Å²) in [6, 6.07) is 14.4. The fraction of sp³-hybridized carbons (Fsp3) is 0.240. The molecule has 0 amide bonds. The molecule has 2 aromatic carbocycles. The van der Waals surface area contributed by atoms with Crippen molar-refractivity contribution >= 4 is 28.7 Å². The number of ketones is 1. The zero-order valence-electron chi connectivity index (χ0n) is 19.1. The number of hydrogen-bond acceptors (Lipinski definition) is 8. The fourth-order valence-corrected chi connectivity index (χ4v) is 4.43. The highest BCUT2D eigenvalue weighted by Gasteiger charge is 2.26. The van der Waals surface area contributed by atoms with Gasteiger partial charge in [0.1, 0.15) is 38.4 Å². The van der Waals surface area contributed by atoms with Crippen LogP contribution in [0.15, 0.2) is 52.9 Å². The minimum absolute atomic E-state index is 0.185. The molecule has 2 aromatic heterocycles. The van der Waals surface area contributed by atoms with E-state index in [1.165, 1.54) is 25.6 Å². The Hall–Kier alpha value is -3.20. The van der Waals surface area contributed by atoms with Crippen molar-refractivity contribution in [3.05, 3.63) is 69.9 Å². The summed E-state index contributed by atoms with van der Waals surface area (Å²) in [4.78, 5) is 13.3. The first-order valence-electron chi connectivity index (χ1n) is 10.5. The molecule has 176 valence electrons. The molecule has 0 aliphatic carbocycles. The van der Waals surface area contributed by atoms with Crippen LogP contribution in [-0.4, -0.2) is 36.8 Å². The Morgan fingerprint density at radius 3 is 2.26 bits per heavy atom. The molecule has 0 N–H and O–H groups in total. The molecule has 0 radical (unpaired) electrons. The van der Waals surface area contributed by atoms with Crippen molar-refractivity contribution in [1.29, 1.82) is 0 Å². The lowest BCUT2D eigenvalue weighted by Crippen LogP contribution is -2.16. The van der Waals surface area contributed by atoms with Gasteiger partial charge in [0.05, 0.1) is 14.2 Å². The highest BCUT2D eigenvalue weighted by atomic mass is 35.5. The number of Topliss-reactive ketones (excluding diaryl/α,β-unsaturated/α-hetero) is 1. The van der Waals surface area contributed by atoms with E-state index in [9.17, 15) is 4.79 Å². The number of aromatic nitrogens is 2. The summed E-state index contributed by atoms with van der Waals surface area (Å²) in [5.74, 6) is 1.27. The van der Waals surface area contributed by atoms with Gasteiger partial charge in [-0.15, -0.1) is 10.2 Å². The Kier molecular flexibility index (Phi) is 7.31. The summed E-state index contributed by atoms with van der Waals surface area (Å²) < 4.78 is 22.4. The molecule has 2 heterocycles. The van der Waals surface area contributed by atoms with Gasteiger partial charge in [-0.05, 0) is 43.7 Å². The van der Waals surface area contributed by atoms with Crippen molar-refractivity contribution in [3.8, 4) is 33.4 Å². The Balaban J connectivity index is 1.61. The van der Waals surface area contributed by atoms with Gasteiger partial charge in [0, 0.05) is 17.7 Å². The summed E-state index contributed by atoms with van der Waals surface area (Å²) in [5.41, 5.74) is 2.33. The third kappa shape index (κ3) is 4.84. The van der Waals surface area contributed by atoms with Gasteiger partial charge < -0.3 is 18.6 Å². The zero-order valence-corrected chi connectivity index (χ0v) is 20.7. The number of carbonyl (C=O) groups excluding carboxylic acids is 1. The van der Waals surface area contributed by atoms with E-state index in [4.69, 9.17) is 30.2 Å². The van der Waals surface area contributed by atoms with Crippen LogP contribution in [0.4, 0.5) is 0 Å². The van der Waals surface area contributed by atoms with Gasteiger partial charge in [-0.25, -0.2) is 0 Å². The molecule has 0 unspecified atom stereocenters. The Morgan fingerprint density at radius 1 is 1.03 bits per heavy atom. The lowest BCUT2D eigenvalue weighted by Gasteiger charge is -2.15.